The van der Waals surface area contributed by atoms with Crippen molar-refractivity contribution < 1.29 is 9.15 Å². The van der Waals surface area contributed by atoms with Crippen molar-refractivity contribution in [2.75, 3.05) is 12.4 Å². The fourth-order valence-electron chi connectivity index (χ4n) is 5.06. The van der Waals surface area contributed by atoms with Crippen LogP contribution < -0.4 is 21.3 Å². The first-order valence-corrected chi connectivity index (χ1v) is 11.3. The maximum atomic E-state index is 13.7. The molecule has 0 radical (unpaired) electrons. The molecule has 176 valence electrons. The number of methoxy groups -OCH3 is 1. The molecule has 0 spiro atoms. The molecule has 0 aliphatic carbocycles. The molecular formula is C27H24N4O4. The van der Waals surface area contributed by atoms with Gasteiger partial charge in [-0.25, -0.2) is 4.79 Å². The number of aromatic nitrogens is 3. The van der Waals surface area contributed by atoms with E-state index >= 15 is 0 Å². The second-order valence-corrected chi connectivity index (χ2v) is 8.77. The van der Waals surface area contributed by atoms with E-state index in [1.807, 2.05) is 67.6 Å². The smallest absolute Gasteiger partial charge is 0.331 e. The van der Waals surface area contributed by atoms with Crippen molar-refractivity contribution in [2.24, 2.45) is 14.1 Å². The predicted octanol–water partition coefficient (Wildman–Crippen LogP) is 4.12. The van der Waals surface area contributed by atoms with Gasteiger partial charge in [0.15, 0.2) is 0 Å². The van der Waals surface area contributed by atoms with Gasteiger partial charge in [0.05, 0.1) is 40.8 Å². The van der Waals surface area contributed by atoms with Crippen molar-refractivity contribution in [3.05, 3.63) is 98.7 Å². The normalized spacial score (nSPS) is 14.5. The van der Waals surface area contributed by atoms with Crippen molar-refractivity contribution in [1.82, 2.24) is 13.7 Å². The lowest BCUT2D eigenvalue weighted by Gasteiger charge is -2.29. The quantitative estimate of drug-likeness (QED) is 0.431. The highest BCUT2D eigenvalue weighted by Gasteiger charge is 2.35. The number of nitrogens with one attached hydrogen (secondary N) is 1. The second-order valence-electron chi connectivity index (χ2n) is 8.77. The fourth-order valence-corrected chi connectivity index (χ4v) is 5.06. The van der Waals surface area contributed by atoms with Gasteiger partial charge in [-0.3, -0.25) is 13.9 Å². The Morgan fingerprint density at radius 3 is 2.37 bits per heavy atom. The Balaban J connectivity index is 1.84. The standard InChI is InChI=1S/C27H24N4O4/c1-15-9-14-20(35-15)22-25-24-21(26(32)30(3)27(33)29(24)2)23(16-10-12-17(34-4)13-11-16)31(25)19-8-6-5-7-18(19)28-22/h5-14,22,28H,1-4H3/t22-/m0/s1. The Bertz CT molecular complexity index is 1730. The number of rotatable bonds is 3. The number of fused-ring (bicyclic) bond motifs is 5. The van der Waals surface area contributed by atoms with Gasteiger partial charge in [0, 0.05) is 14.1 Å². The summed E-state index contributed by atoms with van der Waals surface area (Å²) in [6, 6.07) is 19.0. The van der Waals surface area contributed by atoms with Gasteiger partial charge >= 0.3 is 5.69 Å². The van der Waals surface area contributed by atoms with Gasteiger partial charge in [0.2, 0.25) is 0 Å². The van der Waals surface area contributed by atoms with Gasteiger partial charge in [0.25, 0.3) is 5.56 Å². The number of furan rings is 1. The van der Waals surface area contributed by atoms with Crippen LogP contribution in [0.3, 0.4) is 0 Å². The van der Waals surface area contributed by atoms with E-state index in [4.69, 9.17) is 9.15 Å². The molecule has 8 nitrogen and oxygen atoms in total. The molecule has 5 aromatic rings. The SMILES string of the molecule is COc1ccc(-c2c3c(=O)n(C)c(=O)n(C)c3c3n2-c2ccccc2N[C@H]3c2ccc(C)o2)cc1. The Hall–Kier alpha value is -4.46. The minimum Gasteiger partial charge on any atom is -0.497 e. The van der Waals surface area contributed by atoms with Gasteiger partial charge in [-0.15, -0.1) is 0 Å². The molecule has 0 fully saturated rings. The van der Waals surface area contributed by atoms with E-state index in [-0.39, 0.29) is 11.2 Å². The van der Waals surface area contributed by atoms with Gasteiger partial charge in [0.1, 0.15) is 23.3 Å². The van der Waals surface area contributed by atoms with E-state index in [9.17, 15) is 9.59 Å². The molecule has 8 heteroatoms. The van der Waals surface area contributed by atoms with Crippen LogP contribution in [0.5, 0.6) is 5.75 Å². The van der Waals surface area contributed by atoms with Crippen LogP contribution in [0.1, 0.15) is 23.3 Å². The summed E-state index contributed by atoms with van der Waals surface area (Å²) in [5.41, 5.74) is 3.96. The van der Waals surface area contributed by atoms with E-state index in [1.165, 1.54) is 7.05 Å². The van der Waals surface area contributed by atoms with Gasteiger partial charge < -0.3 is 19.0 Å². The summed E-state index contributed by atoms with van der Waals surface area (Å²) in [5.74, 6) is 2.20. The molecular weight excluding hydrogens is 444 g/mol. The summed E-state index contributed by atoms with van der Waals surface area (Å²) in [7, 11) is 4.83. The molecule has 0 bridgehead atoms. The summed E-state index contributed by atoms with van der Waals surface area (Å²) in [6.07, 6.45) is 0. The van der Waals surface area contributed by atoms with Crippen LogP contribution in [0.15, 0.2) is 74.7 Å². The number of aryl methyl sites for hydroxylation is 2. The number of anilines is 1. The number of nitrogens with zero attached hydrogens (tertiary/aromatic N) is 3. The number of para-hydroxylation sites is 2. The Labute approximate surface area is 200 Å². The third-order valence-electron chi connectivity index (χ3n) is 6.74. The third-order valence-corrected chi connectivity index (χ3v) is 6.74. The molecule has 0 unspecified atom stereocenters. The van der Waals surface area contributed by atoms with Crippen LogP contribution in [-0.4, -0.2) is 20.8 Å². The average molecular weight is 469 g/mol. The van der Waals surface area contributed by atoms with Crippen molar-refractivity contribution in [3.8, 4) is 22.7 Å². The molecule has 2 aromatic carbocycles. The molecule has 1 atom stereocenters. The van der Waals surface area contributed by atoms with Gasteiger partial charge in [-0.2, -0.15) is 0 Å². The zero-order valence-electron chi connectivity index (χ0n) is 19.8. The molecule has 1 N–H and O–H groups in total. The van der Waals surface area contributed by atoms with E-state index in [0.29, 0.717) is 16.7 Å². The minimum absolute atomic E-state index is 0.345. The molecule has 0 saturated carbocycles. The molecule has 0 saturated heterocycles. The molecule has 35 heavy (non-hydrogen) atoms. The predicted molar refractivity (Wildman–Crippen MR) is 135 cm³/mol. The fraction of sp³-hybridized carbons (Fsp3) is 0.185. The van der Waals surface area contributed by atoms with E-state index in [2.05, 4.69) is 9.88 Å². The summed E-state index contributed by atoms with van der Waals surface area (Å²) in [6.45, 7) is 1.89. The number of hydrogen-bond donors (Lipinski definition) is 1. The Kier molecular flexibility index (Phi) is 4.54. The van der Waals surface area contributed by atoms with Crippen molar-refractivity contribution >= 4 is 16.6 Å². The highest BCUT2D eigenvalue weighted by atomic mass is 16.5. The first kappa shape index (κ1) is 21.1. The maximum absolute atomic E-state index is 13.7. The van der Waals surface area contributed by atoms with Crippen molar-refractivity contribution in [1.29, 1.82) is 0 Å². The second kappa shape index (κ2) is 7.53. The number of benzene rings is 2. The summed E-state index contributed by atoms with van der Waals surface area (Å²) in [4.78, 5) is 26.7. The molecule has 4 heterocycles. The maximum Gasteiger partial charge on any atom is 0.331 e. The van der Waals surface area contributed by atoms with E-state index in [0.717, 1.165) is 44.4 Å². The average Bonchev–Trinajstić information content (AvgIpc) is 3.48. The number of hydrogen-bond acceptors (Lipinski definition) is 5. The van der Waals surface area contributed by atoms with Crippen LogP contribution >= 0.6 is 0 Å². The highest BCUT2D eigenvalue weighted by molar-refractivity contribution is 5.99. The Morgan fingerprint density at radius 2 is 1.69 bits per heavy atom. The number of ether oxygens (including phenoxy) is 1. The first-order valence-electron chi connectivity index (χ1n) is 11.3. The van der Waals surface area contributed by atoms with Crippen LogP contribution in [-0.2, 0) is 14.1 Å². The minimum atomic E-state index is -0.411. The zero-order chi connectivity index (χ0) is 24.4. The monoisotopic (exact) mass is 468 g/mol. The van der Waals surface area contributed by atoms with Crippen LogP contribution in [0.2, 0.25) is 0 Å². The van der Waals surface area contributed by atoms with E-state index in [1.54, 1.807) is 18.7 Å². The van der Waals surface area contributed by atoms with E-state index < -0.39 is 6.04 Å². The van der Waals surface area contributed by atoms with Gasteiger partial charge in [-0.1, -0.05) is 12.1 Å². The van der Waals surface area contributed by atoms with Crippen molar-refractivity contribution in [3.63, 3.8) is 0 Å². The lowest BCUT2D eigenvalue weighted by Crippen LogP contribution is -2.37. The van der Waals surface area contributed by atoms with Crippen LogP contribution in [0.4, 0.5) is 5.69 Å². The summed E-state index contributed by atoms with van der Waals surface area (Å²) < 4.78 is 16.2. The largest absolute Gasteiger partial charge is 0.497 e. The molecule has 1 aliphatic heterocycles. The van der Waals surface area contributed by atoms with Crippen LogP contribution in [0.25, 0.3) is 27.8 Å². The van der Waals surface area contributed by atoms with Gasteiger partial charge in [-0.05, 0) is 61.0 Å². The van der Waals surface area contributed by atoms with Crippen molar-refractivity contribution in [2.45, 2.75) is 13.0 Å². The summed E-state index contributed by atoms with van der Waals surface area (Å²) in [5, 5.41) is 4.05. The summed E-state index contributed by atoms with van der Waals surface area (Å²) >= 11 is 0. The van der Waals surface area contributed by atoms with Crippen LogP contribution in [0, 0.1) is 6.92 Å². The molecule has 3 aromatic heterocycles. The highest BCUT2D eigenvalue weighted by Crippen LogP contribution is 2.45. The zero-order valence-corrected chi connectivity index (χ0v) is 19.8. The topological polar surface area (TPSA) is 83.3 Å². The lowest BCUT2D eigenvalue weighted by molar-refractivity contribution is 0.415. The third kappa shape index (κ3) is 2.92. The molecule has 0 amide bonds. The first-order chi connectivity index (χ1) is 16.9. The Morgan fingerprint density at radius 1 is 0.943 bits per heavy atom. The lowest BCUT2D eigenvalue weighted by atomic mass is 10.1. The molecule has 6 rings (SSSR count). The molecule has 1 aliphatic rings.